The Labute approximate surface area is 402 Å². The summed E-state index contributed by atoms with van der Waals surface area (Å²) in [6.45, 7) is -0.180. The first-order valence-corrected chi connectivity index (χ1v) is 23.5. The average molecular weight is 880 g/mol. The summed E-state index contributed by atoms with van der Waals surface area (Å²) in [5, 5.41) is 0. The number of aromatic nitrogens is 3. The van der Waals surface area contributed by atoms with Gasteiger partial charge in [0.1, 0.15) is 0 Å². The van der Waals surface area contributed by atoms with E-state index in [-0.39, 0.29) is 6.71 Å². The summed E-state index contributed by atoms with van der Waals surface area (Å²) in [5.41, 5.74) is 19.7. The molecular formula is C63H42BN5. The predicted octanol–water partition coefficient (Wildman–Crippen LogP) is 14.0. The van der Waals surface area contributed by atoms with Crippen molar-refractivity contribution in [2.45, 2.75) is 0 Å². The minimum absolute atomic E-state index is 0.180. The molecule has 1 aromatic heterocycles. The van der Waals surface area contributed by atoms with Crippen LogP contribution in [-0.2, 0) is 0 Å². The zero-order chi connectivity index (χ0) is 45.7. The lowest BCUT2D eigenvalue weighted by Crippen LogP contribution is -2.61. The van der Waals surface area contributed by atoms with Crippen LogP contribution >= 0.6 is 0 Å². The van der Waals surface area contributed by atoms with Crippen molar-refractivity contribution in [3.8, 4) is 67.5 Å². The van der Waals surface area contributed by atoms with Crippen molar-refractivity contribution < 1.29 is 0 Å². The third-order valence-corrected chi connectivity index (χ3v) is 13.5. The first kappa shape index (κ1) is 40.2. The Bertz CT molecular complexity index is 3580. The molecule has 13 rings (SSSR count). The van der Waals surface area contributed by atoms with Gasteiger partial charge in [0.25, 0.3) is 6.71 Å². The fourth-order valence-corrected chi connectivity index (χ4v) is 10.4. The molecule has 322 valence electrons. The number of benzene rings is 10. The molecule has 0 fully saturated rings. The Morgan fingerprint density at radius 1 is 0.275 bits per heavy atom. The molecule has 0 radical (unpaired) electrons. The molecule has 2 aliphatic heterocycles. The van der Waals surface area contributed by atoms with Gasteiger partial charge in [-0.1, -0.05) is 212 Å². The summed E-state index contributed by atoms with van der Waals surface area (Å²) >= 11 is 0. The van der Waals surface area contributed by atoms with Gasteiger partial charge in [-0.3, -0.25) is 0 Å². The number of anilines is 6. The monoisotopic (exact) mass is 879 g/mol. The maximum atomic E-state index is 5.49. The van der Waals surface area contributed by atoms with E-state index in [1.807, 2.05) is 36.4 Å². The highest BCUT2D eigenvalue weighted by Gasteiger charge is 2.46. The van der Waals surface area contributed by atoms with Gasteiger partial charge in [-0.25, -0.2) is 15.0 Å². The van der Waals surface area contributed by atoms with Crippen molar-refractivity contribution in [2.75, 3.05) is 9.80 Å². The Kier molecular flexibility index (Phi) is 9.87. The normalized spacial score (nSPS) is 12.3. The van der Waals surface area contributed by atoms with Gasteiger partial charge in [-0.05, 0) is 86.7 Å². The minimum atomic E-state index is -0.180. The quantitative estimate of drug-likeness (QED) is 0.142. The van der Waals surface area contributed by atoms with Gasteiger partial charge in [-0.15, -0.1) is 0 Å². The van der Waals surface area contributed by atoms with E-state index < -0.39 is 0 Å². The fraction of sp³-hybridized carbons (Fsp3) is 0. The summed E-state index contributed by atoms with van der Waals surface area (Å²) in [7, 11) is 0. The standard InChI is InChI=1S/C63H42BN5/c1-8-22-43(23-9-1)48-36-38-54-56(40-48)68(50-32-18-6-19-33-50)59-52(45-26-12-3-13-27-45)42-53(63-66-61(46-28-14-4-15-29-46)65-62(67-63)47-30-16-5-17-31-47)60-58(59)64(54)55-39-37-49(44-24-10-2-11-25-44)41-57(55)69(60)51-34-20-7-21-35-51/h1-42H. The van der Waals surface area contributed by atoms with Crippen molar-refractivity contribution in [2.24, 2.45) is 0 Å². The van der Waals surface area contributed by atoms with Crippen molar-refractivity contribution in [3.05, 3.63) is 255 Å². The molecule has 0 atom stereocenters. The summed E-state index contributed by atoms with van der Waals surface area (Å²) in [4.78, 5) is 21.2. The van der Waals surface area contributed by atoms with Crippen molar-refractivity contribution >= 4 is 57.2 Å². The van der Waals surface area contributed by atoms with Gasteiger partial charge in [0.05, 0.1) is 11.4 Å². The van der Waals surface area contributed by atoms with E-state index in [4.69, 9.17) is 15.0 Å². The molecule has 3 heterocycles. The number of fused-ring (bicyclic) bond motifs is 4. The van der Waals surface area contributed by atoms with E-state index in [2.05, 4.69) is 228 Å². The lowest BCUT2D eigenvalue weighted by molar-refractivity contribution is 1.07. The first-order valence-electron chi connectivity index (χ1n) is 23.5. The maximum absolute atomic E-state index is 5.49. The smallest absolute Gasteiger partial charge is 0.252 e. The number of para-hydroxylation sites is 2. The molecule has 69 heavy (non-hydrogen) atoms. The molecule has 0 amide bonds. The summed E-state index contributed by atoms with van der Waals surface area (Å²) in [5.74, 6) is 1.82. The molecule has 0 spiro atoms. The summed E-state index contributed by atoms with van der Waals surface area (Å²) in [6.07, 6.45) is 0. The van der Waals surface area contributed by atoms with Gasteiger partial charge >= 0.3 is 0 Å². The number of rotatable bonds is 8. The van der Waals surface area contributed by atoms with Crippen LogP contribution in [0.15, 0.2) is 255 Å². The van der Waals surface area contributed by atoms with Crippen LogP contribution in [0.1, 0.15) is 0 Å². The van der Waals surface area contributed by atoms with E-state index in [1.165, 1.54) is 22.0 Å². The molecule has 0 bridgehead atoms. The Balaban J connectivity index is 1.21. The van der Waals surface area contributed by atoms with Crippen LogP contribution in [0.4, 0.5) is 34.1 Å². The van der Waals surface area contributed by atoms with Crippen molar-refractivity contribution in [1.29, 1.82) is 0 Å². The minimum Gasteiger partial charge on any atom is -0.311 e. The Morgan fingerprint density at radius 3 is 1.04 bits per heavy atom. The molecule has 0 saturated heterocycles. The van der Waals surface area contributed by atoms with Crippen LogP contribution in [0, 0.1) is 0 Å². The van der Waals surface area contributed by atoms with Gasteiger partial charge in [-0.2, -0.15) is 0 Å². The van der Waals surface area contributed by atoms with Crippen LogP contribution in [0.5, 0.6) is 0 Å². The molecule has 11 aromatic rings. The maximum Gasteiger partial charge on any atom is 0.252 e. The van der Waals surface area contributed by atoms with Crippen molar-refractivity contribution in [1.82, 2.24) is 15.0 Å². The van der Waals surface area contributed by atoms with Gasteiger partial charge in [0, 0.05) is 45.0 Å². The molecule has 0 saturated carbocycles. The highest BCUT2D eigenvalue weighted by Crippen LogP contribution is 2.52. The second-order valence-electron chi connectivity index (χ2n) is 17.5. The second-order valence-corrected chi connectivity index (χ2v) is 17.5. The van der Waals surface area contributed by atoms with Crippen LogP contribution in [0.3, 0.4) is 0 Å². The highest BCUT2D eigenvalue weighted by atomic mass is 15.2. The molecule has 0 aliphatic carbocycles. The van der Waals surface area contributed by atoms with Crippen LogP contribution < -0.4 is 26.2 Å². The van der Waals surface area contributed by atoms with Crippen LogP contribution in [0.25, 0.3) is 67.5 Å². The zero-order valence-corrected chi connectivity index (χ0v) is 37.6. The van der Waals surface area contributed by atoms with Gasteiger partial charge in [0.2, 0.25) is 0 Å². The van der Waals surface area contributed by atoms with Gasteiger partial charge < -0.3 is 9.80 Å². The summed E-state index contributed by atoms with van der Waals surface area (Å²) < 4.78 is 0. The predicted molar refractivity (Wildman–Crippen MR) is 286 cm³/mol. The molecule has 2 aliphatic rings. The topological polar surface area (TPSA) is 45.2 Å². The SMILES string of the molecule is c1ccc(-c2ccc3c(c2)N(c2ccccc2)c2c(-c4ccccc4)cc(-c4nc(-c5ccccc5)nc(-c5ccccc5)n4)c4c2B3c2ccc(-c3ccccc3)cc2N4c2ccccc2)cc1. The van der Waals surface area contributed by atoms with E-state index in [1.54, 1.807) is 0 Å². The van der Waals surface area contributed by atoms with E-state index in [0.29, 0.717) is 17.5 Å². The van der Waals surface area contributed by atoms with Crippen LogP contribution in [-0.4, -0.2) is 21.7 Å². The number of nitrogens with zero attached hydrogens (tertiary/aromatic N) is 5. The van der Waals surface area contributed by atoms with E-state index in [9.17, 15) is 0 Å². The molecule has 0 N–H and O–H groups in total. The largest absolute Gasteiger partial charge is 0.311 e. The summed E-state index contributed by atoms with van der Waals surface area (Å²) in [6, 6.07) is 90.9. The van der Waals surface area contributed by atoms with Crippen molar-refractivity contribution in [3.63, 3.8) is 0 Å². The lowest BCUT2D eigenvalue weighted by atomic mass is 9.33. The van der Waals surface area contributed by atoms with Crippen LogP contribution in [0.2, 0.25) is 0 Å². The third-order valence-electron chi connectivity index (χ3n) is 13.5. The molecule has 6 heteroatoms. The Morgan fingerprint density at radius 2 is 0.623 bits per heavy atom. The molecule has 5 nitrogen and oxygen atoms in total. The number of hydrogen-bond acceptors (Lipinski definition) is 5. The highest BCUT2D eigenvalue weighted by molar-refractivity contribution is 7.00. The first-order chi connectivity index (χ1) is 34.2. The molecule has 10 aromatic carbocycles. The van der Waals surface area contributed by atoms with Gasteiger partial charge in [0.15, 0.2) is 17.5 Å². The third kappa shape index (κ3) is 7.01. The average Bonchev–Trinajstić information content (AvgIpc) is 3.44. The lowest BCUT2D eigenvalue weighted by Gasteiger charge is -2.46. The zero-order valence-electron chi connectivity index (χ0n) is 37.6. The Hall–Kier alpha value is -9.13. The second kappa shape index (κ2) is 16.9. The fourth-order valence-electron chi connectivity index (χ4n) is 10.4. The molecule has 0 unspecified atom stereocenters. The molecular weight excluding hydrogens is 838 g/mol. The number of hydrogen-bond donors (Lipinski definition) is 0. The van der Waals surface area contributed by atoms with E-state index in [0.717, 1.165) is 78.6 Å². The van der Waals surface area contributed by atoms with E-state index >= 15 is 0 Å².